The molecule has 0 atom stereocenters. The number of primary amides is 1. The molecule has 0 aromatic carbocycles. The van der Waals surface area contributed by atoms with Crippen molar-refractivity contribution in [2.24, 2.45) is 5.73 Å². The van der Waals surface area contributed by atoms with Gasteiger partial charge in [0.15, 0.2) is 16.3 Å². The van der Waals surface area contributed by atoms with Crippen molar-refractivity contribution in [3.8, 4) is 0 Å². The summed E-state index contributed by atoms with van der Waals surface area (Å²) < 4.78 is 1.50. The minimum Gasteiger partial charge on any atom is -0.369 e. The maximum atomic E-state index is 12.6. The van der Waals surface area contributed by atoms with Crippen LogP contribution >= 0.6 is 23.1 Å². The van der Waals surface area contributed by atoms with Gasteiger partial charge in [-0.15, -0.1) is 11.3 Å². The standard InChI is InChI=1S/C13H11N5O2S2/c14-9(19)7-22-13-17-11-10(15-3-4-16-11)12(20)18(13)6-8-2-1-5-21-8/h1-5H,6-7H2,(H2,14,19). The van der Waals surface area contributed by atoms with Gasteiger partial charge >= 0.3 is 0 Å². The Morgan fingerprint density at radius 1 is 1.36 bits per heavy atom. The number of hydrogen-bond donors (Lipinski definition) is 1. The van der Waals surface area contributed by atoms with Gasteiger partial charge in [-0.2, -0.15) is 0 Å². The number of rotatable bonds is 5. The topological polar surface area (TPSA) is 104 Å². The molecule has 3 rings (SSSR count). The Balaban J connectivity index is 2.12. The zero-order chi connectivity index (χ0) is 15.5. The van der Waals surface area contributed by atoms with Crippen molar-refractivity contribution in [2.75, 3.05) is 5.75 Å². The first-order valence-corrected chi connectivity index (χ1v) is 8.16. The molecule has 0 saturated heterocycles. The monoisotopic (exact) mass is 333 g/mol. The molecular formula is C13H11N5O2S2. The lowest BCUT2D eigenvalue weighted by molar-refractivity contribution is -0.115. The number of carbonyl (C=O) groups excluding carboxylic acids is 1. The predicted octanol–water partition coefficient (Wildman–Crippen LogP) is 0.874. The minimum absolute atomic E-state index is 0.0443. The number of hydrogen-bond acceptors (Lipinski definition) is 7. The Morgan fingerprint density at radius 2 is 2.18 bits per heavy atom. The Morgan fingerprint density at radius 3 is 2.91 bits per heavy atom. The van der Waals surface area contributed by atoms with Crippen LogP contribution < -0.4 is 11.3 Å². The second kappa shape index (κ2) is 6.24. The van der Waals surface area contributed by atoms with Crippen LogP contribution in [0.1, 0.15) is 4.88 Å². The van der Waals surface area contributed by atoms with Crippen molar-refractivity contribution in [2.45, 2.75) is 11.7 Å². The normalized spacial score (nSPS) is 10.9. The van der Waals surface area contributed by atoms with Gasteiger partial charge in [0, 0.05) is 17.3 Å². The number of amides is 1. The predicted molar refractivity (Wildman–Crippen MR) is 84.9 cm³/mol. The number of thioether (sulfide) groups is 1. The Hall–Kier alpha value is -2.26. The summed E-state index contributed by atoms with van der Waals surface area (Å²) in [4.78, 5) is 37.1. The number of fused-ring (bicyclic) bond motifs is 1. The van der Waals surface area contributed by atoms with E-state index in [1.54, 1.807) is 11.3 Å². The number of thiophene rings is 1. The third-order valence-corrected chi connectivity index (χ3v) is 4.66. The van der Waals surface area contributed by atoms with Crippen molar-refractivity contribution >= 4 is 40.2 Å². The zero-order valence-corrected chi connectivity index (χ0v) is 12.9. The fourth-order valence-corrected chi connectivity index (χ4v) is 3.29. The van der Waals surface area contributed by atoms with Gasteiger partial charge in [0.2, 0.25) is 5.91 Å². The third kappa shape index (κ3) is 3.00. The van der Waals surface area contributed by atoms with Gasteiger partial charge in [0.05, 0.1) is 12.3 Å². The maximum Gasteiger partial charge on any atom is 0.282 e. The van der Waals surface area contributed by atoms with Crippen molar-refractivity contribution in [3.63, 3.8) is 0 Å². The van der Waals surface area contributed by atoms with E-state index < -0.39 is 5.91 Å². The second-order valence-corrected chi connectivity index (χ2v) is 6.32. The molecule has 0 aliphatic rings. The SMILES string of the molecule is NC(=O)CSc1nc2nccnc2c(=O)n1Cc1cccs1. The van der Waals surface area contributed by atoms with Gasteiger partial charge < -0.3 is 5.73 Å². The van der Waals surface area contributed by atoms with E-state index in [2.05, 4.69) is 15.0 Å². The number of nitrogens with two attached hydrogens (primary N) is 1. The Labute approximate surface area is 133 Å². The molecule has 0 unspecified atom stereocenters. The van der Waals surface area contributed by atoms with Crippen LogP contribution in [-0.2, 0) is 11.3 Å². The van der Waals surface area contributed by atoms with Crippen LogP contribution in [0.4, 0.5) is 0 Å². The summed E-state index contributed by atoms with van der Waals surface area (Å²) in [5.74, 6) is -0.427. The number of carbonyl (C=O) groups is 1. The molecule has 2 N–H and O–H groups in total. The van der Waals surface area contributed by atoms with Gasteiger partial charge in [0.25, 0.3) is 5.56 Å². The van der Waals surface area contributed by atoms with E-state index in [4.69, 9.17) is 5.73 Å². The lowest BCUT2D eigenvalue weighted by atomic mass is 10.4. The minimum atomic E-state index is -0.471. The molecule has 0 bridgehead atoms. The number of aromatic nitrogens is 4. The lowest BCUT2D eigenvalue weighted by Gasteiger charge is -2.10. The van der Waals surface area contributed by atoms with Gasteiger partial charge in [-0.05, 0) is 11.4 Å². The van der Waals surface area contributed by atoms with Gasteiger partial charge in [-0.3, -0.25) is 14.2 Å². The van der Waals surface area contributed by atoms with Gasteiger partial charge in [0.1, 0.15) is 0 Å². The van der Waals surface area contributed by atoms with Crippen LogP contribution in [0.2, 0.25) is 0 Å². The summed E-state index contributed by atoms with van der Waals surface area (Å²) in [6.07, 6.45) is 2.93. The molecule has 0 saturated carbocycles. The smallest absolute Gasteiger partial charge is 0.282 e. The molecule has 1 amide bonds. The maximum absolute atomic E-state index is 12.6. The van der Waals surface area contributed by atoms with E-state index >= 15 is 0 Å². The number of nitrogens with zero attached hydrogens (tertiary/aromatic N) is 4. The largest absolute Gasteiger partial charge is 0.369 e. The van der Waals surface area contributed by atoms with Crippen LogP contribution in [-0.4, -0.2) is 31.2 Å². The zero-order valence-electron chi connectivity index (χ0n) is 11.3. The highest BCUT2D eigenvalue weighted by Gasteiger charge is 2.14. The molecule has 7 nitrogen and oxygen atoms in total. The van der Waals surface area contributed by atoms with Gasteiger partial charge in [-0.25, -0.2) is 15.0 Å². The first kappa shape index (κ1) is 14.7. The fourth-order valence-electron chi connectivity index (χ4n) is 1.87. The molecule has 0 aliphatic heterocycles. The van der Waals surface area contributed by atoms with E-state index in [-0.39, 0.29) is 22.5 Å². The van der Waals surface area contributed by atoms with E-state index in [0.717, 1.165) is 16.6 Å². The second-order valence-electron chi connectivity index (χ2n) is 4.35. The van der Waals surface area contributed by atoms with Crippen molar-refractivity contribution < 1.29 is 4.79 Å². The van der Waals surface area contributed by atoms with E-state index in [9.17, 15) is 9.59 Å². The van der Waals surface area contributed by atoms with Crippen LogP contribution in [0.25, 0.3) is 11.2 Å². The summed E-state index contributed by atoms with van der Waals surface area (Å²) >= 11 is 2.66. The fraction of sp³-hybridized carbons (Fsp3) is 0.154. The molecule has 3 heterocycles. The van der Waals surface area contributed by atoms with Crippen LogP contribution in [0.3, 0.4) is 0 Å². The molecule has 0 radical (unpaired) electrons. The summed E-state index contributed by atoms with van der Waals surface area (Å²) in [6, 6.07) is 3.84. The van der Waals surface area contributed by atoms with E-state index in [1.807, 2.05) is 17.5 Å². The molecule has 0 spiro atoms. The summed E-state index contributed by atoms with van der Waals surface area (Å²) in [7, 11) is 0. The summed E-state index contributed by atoms with van der Waals surface area (Å²) in [5, 5.41) is 2.34. The van der Waals surface area contributed by atoms with E-state index in [1.165, 1.54) is 17.0 Å². The Bertz CT molecular complexity index is 876. The van der Waals surface area contributed by atoms with Crippen molar-refractivity contribution in [3.05, 3.63) is 45.1 Å². The third-order valence-electron chi connectivity index (χ3n) is 2.80. The van der Waals surface area contributed by atoms with Crippen LogP contribution in [0, 0.1) is 0 Å². The van der Waals surface area contributed by atoms with Crippen LogP contribution in [0.15, 0.2) is 39.9 Å². The average Bonchev–Trinajstić information content (AvgIpc) is 3.01. The highest BCUT2D eigenvalue weighted by Crippen LogP contribution is 2.18. The molecule has 3 aromatic heterocycles. The van der Waals surface area contributed by atoms with Crippen LogP contribution in [0.5, 0.6) is 0 Å². The lowest BCUT2D eigenvalue weighted by Crippen LogP contribution is -2.25. The van der Waals surface area contributed by atoms with Gasteiger partial charge in [-0.1, -0.05) is 17.8 Å². The highest BCUT2D eigenvalue weighted by atomic mass is 32.2. The molecular weight excluding hydrogens is 322 g/mol. The molecule has 0 fully saturated rings. The van der Waals surface area contributed by atoms with Crippen molar-refractivity contribution in [1.29, 1.82) is 0 Å². The molecule has 9 heteroatoms. The Kier molecular flexibility index (Phi) is 4.16. The molecule has 3 aromatic rings. The molecule has 0 aliphatic carbocycles. The van der Waals surface area contributed by atoms with Crippen molar-refractivity contribution in [1.82, 2.24) is 19.5 Å². The quantitative estimate of drug-likeness (QED) is 0.549. The summed E-state index contributed by atoms with van der Waals surface area (Å²) in [6.45, 7) is 0.372. The first-order chi connectivity index (χ1) is 10.6. The van der Waals surface area contributed by atoms with E-state index in [0.29, 0.717) is 11.7 Å². The molecule has 112 valence electrons. The average molecular weight is 333 g/mol. The first-order valence-electron chi connectivity index (χ1n) is 6.30. The summed E-state index contributed by atoms with van der Waals surface area (Å²) in [5.41, 5.74) is 5.37. The molecule has 22 heavy (non-hydrogen) atoms. The highest BCUT2D eigenvalue weighted by molar-refractivity contribution is 7.99.